The van der Waals surface area contributed by atoms with Crippen LogP contribution in [0.25, 0.3) is 0 Å². The molecular weight excluding hydrogens is 309 g/mol. The summed E-state index contributed by atoms with van der Waals surface area (Å²) < 4.78 is 4.95. The molecule has 0 aromatic heterocycles. The van der Waals surface area contributed by atoms with E-state index in [-0.39, 0.29) is 5.91 Å². The molecule has 1 atom stereocenters. The van der Waals surface area contributed by atoms with Crippen molar-refractivity contribution < 1.29 is 9.53 Å². The van der Waals surface area contributed by atoms with Crippen molar-refractivity contribution in [3.8, 4) is 5.75 Å². The van der Waals surface area contributed by atoms with E-state index in [9.17, 15) is 4.79 Å². The molecule has 5 heteroatoms. The molecule has 2 saturated carbocycles. The Balaban J connectivity index is 1.58. The maximum absolute atomic E-state index is 12.2. The van der Waals surface area contributed by atoms with E-state index in [1.807, 2.05) is 24.3 Å². The zero-order valence-corrected chi connectivity index (χ0v) is 13.5. The minimum absolute atomic E-state index is 0.142. The van der Waals surface area contributed by atoms with E-state index in [1.165, 1.54) is 12.8 Å². The highest BCUT2D eigenvalue weighted by molar-refractivity contribution is 6.53. The van der Waals surface area contributed by atoms with Gasteiger partial charge in [0.05, 0.1) is 11.5 Å². The molecule has 1 amide bonds. The molecule has 1 aromatic carbocycles. The Hall–Kier alpha value is -0.930. The summed E-state index contributed by atoms with van der Waals surface area (Å²) >= 11 is 12.0. The van der Waals surface area contributed by atoms with E-state index in [0.717, 1.165) is 24.3 Å². The molecule has 21 heavy (non-hydrogen) atoms. The standard InChI is InChI=1S/C16H19Cl2NO2/c1-15(10-16(15,17)18)14(20)19-11-6-8-13(9-7-11)21-12-4-2-3-5-12/h6-9,12H,2-5,10H2,1H3,(H,19,20)/t15-/m0/s1. The summed E-state index contributed by atoms with van der Waals surface area (Å²) in [6.45, 7) is 1.78. The van der Waals surface area contributed by atoms with Crippen LogP contribution in [0, 0.1) is 5.41 Å². The number of carbonyl (C=O) groups excluding carboxylic acids is 1. The number of amides is 1. The van der Waals surface area contributed by atoms with Crippen molar-refractivity contribution in [3.05, 3.63) is 24.3 Å². The smallest absolute Gasteiger partial charge is 0.233 e. The summed E-state index contributed by atoms with van der Waals surface area (Å²) in [6, 6.07) is 7.46. The summed E-state index contributed by atoms with van der Waals surface area (Å²) in [5.41, 5.74) is 0.0332. The Morgan fingerprint density at radius 1 is 1.24 bits per heavy atom. The number of halogens is 2. The molecular formula is C16H19Cl2NO2. The van der Waals surface area contributed by atoms with Crippen LogP contribution in [0.15, 0.2) is 24.3 Å². The predicted molar refractivity (Wildman–Crippen MR) is 85.1 cm³/mol. The minimum Gasteiger partial charge on any atom is -0.490 e. The van der Waals surface area contributed by atoms with Crippen LogP contribution in [0.5, 0.6) is 5.75 Å². The molecule has 0 bridgehead atoms. The molecule has 3 rings (SSSR count). The Morgan fingerprint density at radius 2 is 1.81 bits per heavy atom. The van der Waals surface area contributed by atoms with Crippen molar-refractivity contribution in [3.63, 3.8) is 0 Å². The highest BCUT2D eigenvalue weighted by Crippen LogP contribution is 2.64. The number of alkyl halides is 2. The van der Waals surface area contributed by atoms with Crippen molar-refractivity contribution >= 4 is 34.8 Å². The quantitative estimate of drug-likeness (QED) is 0.825. The van der Waals surface area contributed by atoms with Gasteiger partial charge >= 0.3 is 0 Å². The molecule has 2 aliphatic rings. The molecule has 2 fully saturated rings. The van der Waals surface area contributed by atoms with Gasteiger partial charge in [0, 0.05) is 5.69 Å². The van der Waals surface area contributed by atoms with Gasteiger partial charge < -0.3 is 10.1 Å². The third kappa shape index (κ3) is 3.00. The summed E-state index contributed by atoms with van der Waals surface area (Å²) in [6.07, 6.45) is 5.57. The van der Waals surface area contributed by atoms with Crippen LogP contribution >= 0.6 is 23.2 Å². The lowest BCUT2D eigenvalue weighted by Crippen LogP contribution is -2.25. The molecule has 0 radical (unpaired) electrons. The molecule has 0 spiro atoms. The van der Waals surface area contributed by atoms with E-state index < -0.39 is 9.75 Å². The van der Waals surface area contributed by atoms with Crippen LogP contribution in [-0.4, -0.2) is 16.3 Å². The number of hydrogen-bond acceptors (Lipinski definition) is 2. The number of rotatable bonds is 4. The third-order valence-corrected chi connectivity index (χ3v) is 5.58. The number of hydrogen-bond donors (Lipinski definition) is 1. The van der Waals surface area contributed by atoms with Crippen LogP contribution in [0.3, 0.4) is 0 Å². The summed E-state index contributed by atoms with van der Waals surface area (Å²) in [5.74, 6) is 0.707. The lowest BCUT2D eigenvalue weighted by atomic mass is 10.1. The first-order valence-electron chi connectivity index (χ1n) is 7.37. The number of anilines is 1. The van der Waals surface area contributed by atoms with E-state index >= 15 is 0 Å². The Bertz CT molecular complexity index is 538. The monoisotopic (exact) mass is 327 g/mol. The fourth-order valence-electron chi connectivity index (χ4n) is 2.73. The van der Waals surface area contributed by atoms with E-state index in [0.29, 0.717) is 12.5 Å². The number of benzene rings is 1. The van der Waals surface area contributed by atoms with Crippen LogP contribution in [-0.2, 0) is 4.79 Å². The molecule has 2 aliphatic carbocycles. The van der Waals surface area contributed by atoms with Crippen molar-refractivity contribution in [1.29, 1.82) is 0 Å². The maximum Gasteiger partial charge on any atom is 0.233 e. The first-order valence-corrected chi connectivity index (χ1v) is 8.12. The molecule has 1 aromatic rings. The fraction of sp³-hybridized carbons (Fsp3) is 0.562. The lowest BCUT2D eigenvalue weighted by molar-refractivity contribution is -0.120. The normalized spacial score (nSPS) is 27.4. The molecule has 0 heterocycles. The summed E-state index contributed by atoms with van der Waals surface area (Å²) in [5, 5.41) is 2.86. The maximum atomic E-state index is 12.2. The van der Waals surface area contributed by atoms with Gasteiger partial charge in [-0.15, -0.1) is 23.2 Å². The molecule has 0 aliphatic heterocycles. The van der Waals surface area contributed by atoms with Crippen LogP contribution in [0.1, 0.15) is 39.0 Å². The van der Waals surface area contributed by atoms with Gasteiger partial charge in [0.15, 0.2) is 0 Å². The highest BCUT2D eigenvalue weighted by atomic mass is 35.5. The minimum atomic E-state index is -0.942. The van der Waals surface area contributed by atoms with Gasteiger partial charge in [-0.25, -0.2) is 0 Å². The topological polar surface area (TPSA) is 38.3 Å². The SMILES string of the molecule is C[C@@]1(C(=O)Nc2ccc(OC3CCCC3)cc2)CC1(Cl)Cl. The van der Waals surface area contributed by atoms with Crippen molar-refractivity contribution in [2.45, 2.75) is 49.5 Å². The number of carbonyl (C=O) groups is 1. The highest BCUT2D eigenvalue weighted by Gasteiger charge is 2.67. The third-order valence-electron chi connectivity index (χ3n) is 4.48. The Morgan fingerprint density at radius 3 is 2.33 bits per heavy atom. The molecule has 0 saturated heterocycles. The van der Waals surface area contributed by atoms with Crippen LogP contribution < -0.4 is 10.1 Å². The molecule has 0 unspecified atom stereocenters. The average molecular weight is 328 g/mol. The molecule has 1 N–H and O–H groups in total. The first-order chi connectivity index (χ1) is 9.91. The van der Waals surface area contributed by atoms with E-state index in [2.05, 4.69) is 5.32 Å². The largest absolute Gasteiger partial charge is 0.490 e. The second-order valence-corrected chi connectivity index (χ2v) is 7.70. The second kappa shape index (κ2) is 5.36. The molecule has 114 valence electrons. The van der Waals surface area contributed by atoms with Gasteiger partial charge in [0.1, 0.15) is 10.1 Å². The van der Waals surface area contributed by atoms with Crippen molar-refractivity contribution in [2.75, 3.05) is 5.32 Å². The number of nitrogens with one attached hydrogen (secondary N) is 1. The van der Waals surface area contributed by atoms with Crippen molar-refractivity contribution in [1.82, 2.24) is 0 Å². The zero-order chi connectivity index (χ0) is 15.1. The zero-order valence-electron chi connectivity index (χ0n) is 12.0. The Kier molecular flexibility index (Phi) is 3.83. The van der Waals surface area contributed by atoms with E-state index in [1.54, 1.807) is 6.92 Å². The Labute approximate surface area is 135 Å². The predicted octanol–water partition coefficient (Wildman–Crippen LogP) is 4.53. The fourth-order valence-corrected chi connectivity index (χ4v) is 3.44. The summed E-state index contributed by atoms with van der Waals surface area (Å²) in [4.78, 5) is 12.2. The van der Waals surface area contributed by atoms with Gasteiger partial charge in [-0.2, -0.15) is 0 Å². The van der Waals surface area contributed by atoms with Gasteiger partial charge in [0.25, 0.3) is 0 Å². The van der Waals surface area contributed by atoms with Crippen LogP contribution in [0.4, 0.5) is 5.69 Å². The average Bonchev–Trinajstić information content (AvgIpc) is 2.81. The number of ether oxygens (including phenoxy) is 1. The van der Waals surface area contributed by atoms with Gasteiger partial charge in [0.2, 0.25) is 5.91 Å². The molecule has 3 nitrogen and oxygen atoms in total. The van der Waals surface area contributed by atoms with Crippen LogP contribution in [0.2, 0.25) is 0 Å². The van der Waals surface area contributed by atoms with Gasteiger partial charge in [-0.3, -0.25) is 4.79 Å². The van der Waals surface area contributed by atoms with Gasteiger partial charge in [-0.05, 0) is 63.3 Å². The summed E-state index contributed by atoms with van der Waals surface area (Å²) in [7, 11) is 0. The lowest BCUT2D eigenvalue weighted by Gasteiger charge is -2.15. The van der Waals surface area contributed by atoms with Gasteiger partial charge in [-0.1, -0.05) is 0 Å². The van der Waals surface area contributed by atoms with Crippen molar-refractivity contribution in [2.24, 2.45) is 5.41 Å². The van der Waals surface area contributed by atoms with E-state index in [4.69, 9.17) is 27.9 Å². The second-order valence-electron chi connectivity index (χ2n) is 6.22. The first kappa shape index (κ1) is 15.0.